The van der Waals surface area contributed by atoms with Crippen molar-refractivity contribution in [3.63, 3.8) is 0 Å². The van der Waals surface area contributed by atoms with E-state index in [2.05, 4.69) is 11.5 Å². The summed E-state index contributed by atoms with van der Waals surface area (Å²) in [6.45, 7) is 5.14. The first kappa shape index (κ1) is 32.3. The van der Waals surface area contributed by atoms with Gasteiger partial charge in [-0.05, 0) is 6.92 Å². The zero-order chi connectivity index (χ0) is 26.6. The molecule has 202 valence electrons. The van der Waals surface area contributed by atoms with Crippen LogP contribution in [-0.4, -0.2) is 144 Å². The Morgan fingerprint density at radius 2 is 1.11 bits per heavy atom. The van der Waals surface area contributed by atoms with Gasteiger partial charge in [0.1, 0.15) is 13.2 Å². The van der Waals surface area contributed by atoms with E-state index in [0.29, 0.717) is 19.6 Å². The number of carboxylic acid groups (broad SMARTS) is 3. The smallest absolute Gasteiger partial charge is 0.333 e. The summed E-state index contributed by atoms with van der Waals surface area (Å²) in [6, 6.07) is 0. The summed E-state index contributed by atoms with van der Waals surface area (Å²) in [5, 5.41) is 35.7. The van der Waals surface area contributed by atoms with Crippen LogP contribution in [-0.2, 0) is 38.6 Å². The van der Waals surface area contributed by atoms with Gasteiger partial charge in [0, 0.05) is 44.8 Å². The van der Waals surface area contributed by atoms with Crippen LogP contribution in [0.15, 0.2) is 12.2 Å². The van der Waals surface area contributed by atoms with Gasteiger partial charge in [0.2, 0.25) is 0 Å². The highest BCUT2D eigenvalue weighted by Gasteiger charge is 2.17. The Morgan fingerprint density at radius 3 is 1.63 bits per heavy atom. The van der Waals surface area contributed by atoms with E-state index in [1.807, 2.05) is 4.90 Å². The van der Waals surface area contributed by atoms with E-state index in [0.717, 1.165) is 0 Å². The van der Waals surface area contributed by atoms with Crippen molar-refractivity contribution in [2.75, 3.05) is 85.3 Å². The summed E-state index contributed by atoms with van der Waals surface area (Å²) in [5.41, 5.74) is 0.265. The van der Waals surface area contributed by atoms with Crippen LogP contribution in [0.25, 0.3) is 0 Å². The SMILES string of the molecule is C=C(C)C(=O)OCCOOCCN(CCOO)CCN(CCN(CC(=O)O)CC(=O)O)CC(=O)O. The van der Waals surface area contributed by atoms with Crippen molar-refractivity contribution in [2.45, 2.75) is 6.92 Å². The van der Waals surface area contributed by atoms with E-state index in [-0.39, 0.29) is 58.2 Å². The number of carbonyl (C=O) groups is 4. The molecule has 0 aromatic carbocycles. The number of rotatable bonds is 23. The minimum atomic E-state index is -1.19. The number of hydrogen-bond donors (Lipinski definition) is 4. The molecule has 0 unspecified atom stereocenters. The second-order valence-electron chi connectivity index (χ2n) is 7.40. The summed E-state index contributed by atoms with van der Waals surface area (Å²) in [5.74, 6) is -4.02. The summed E-state index contributed by atoms with van der Waals surface area (Å²) < 4.78 is 4.84. The molecule has 0 fully saturated rings. The summed E-state index contributed by atoms with van der Waals surface area (Å²) in [6.07, 6.45) is 0. The molecule has 0 spiro atoms. The third kappa shape index (κ3) is 19.3. The van der Waals surface area contributed by atoms with Gasteiger partial charge in [-0.25, -0.2) is 19.5 Å². The predicted molar refractivity (Wildman–Crippen MR) is 118 cm³/mol. The molecule has 0 amide bonds. The van der Waals surface area contributed by atoms with Crippen molar-refractivity contribution >= 4 is 23.9 Å². The molecule has 0 atom stereocenters. The molecule has 0 saturated heterocycles. The molecule has 15 heteroatoms. The lowest BCUT2D eigenvalue weighted by Gasteiger charge is -2.28. The highest BCUT2D eigenvalue weighted by molar-refractivity contribution is 5.86. The molecule has 15 nitrogen and oxygen atoms in total. The maximum Gasteiger partial charge on any atom is 0.333 e. The Hall–Kier alpha value is -2.66. The molecular formula is C20H35N3O12. The number of carboxylic acids is 3. The van der Waals surface area contributed by atoms with Crippen LogP contribution in [0, 0.1) is 0 Å². The lowest BCUT2D eigenvalue weighted by molar-refractivity contribution is -0.299. The van der Waals surface area contributed by atoms with Crippen molar-refractivity contribution in [1.29, 1.82) is 0 Å². The molecule has 0 aromatic heterocycles. The second-order valence-corrected chi connectivity index (χ2v) is 7.40. The number of esters is 1. The number of aliphatic carboxylic acids is 3. The molecule has 0 aromatic rings. The lowest BCUT2D eigenvalue weighted by Crippen LogP contribution is -2.44. The van der Waals surface area contributed by atoms with Crippen LogP contribution in [0.2, 0.25) is 0 Å². The third-order valence-corrected chi connectivity index (χ3v) is 4.36. The fourth-order valence-electron chi connectivity index (χ4n) is 2.70. The topological polar surface area (TPSA) is 196 Å². The Kier molecular flexibility index (Phi) is 18.1. The van der Waals surface area contributed by atoms with Crippen molar-refractivity contribution in [1.82, 2.24) is 14.7 Å². The second kappa shape index (κ2) is 19.6. The summed E-state index contributed by atoms with van der Waals surface area (Å²) >= 11 is 0. The summed E-state index contributed by atoms with van der Waals surface area (Å²) in [4.78, 5) is 62.9. The van der Waals surface area contributed by atoms with Gasteiger partial charge in [-0.1, -0.05) is 6.58 Å². The van der Waals surface area contributed by atoms with Crippen LogP contribution in [0.3, 0.4) is 0 Å². The standard InChI is InChI=1S/C20H35N3O12/c1-16(2)20(30)32-11-12-35-34-10-8-21(7-9-33-31)3-4-22(13-17(24)25)5-6-23(14-18(26)27)15-19(28)29/h31H,1,3-15H2,2H3,(H,24,25)(H,26,27)(H,28,29). The number of carbonyl (C=O) groups excluding carboxylic acids is 1. The molecule has 0 heterocycles. The Labute approximate surface area is 202 Å². The molecule has 35 heavy (non-hydrogen) atoms. The Bertz CT molecular complexity index is 660. The molecule has 0 radical (unpaired) electrons. The van der Waals surface area contributed by atoms with Gasteiger partial charge in [0.25, 0.3) is 0 Å². The van der Waals surface area contributed by atoms with Crippen molar-refractivity contribution in [2.24, 2.45) is 0 Å². The number of hydrogen-bond acceptors (Lipinski definition) is 12. The zero-order valence-corrected chi connectivity index (χ0v) is 19.8. The number of nitrogens with zero attached hydrogens (tertiary/aromatic N) is 3. The quantitative estimate of drug-likeness (QED) is 0.0417. The molecule has 0 saturated carbocycles. The van der Waals surface area contributed by atoms with E-state index < -0.39 is 37.0 Å². The van der Waals surface area contributed by atoms with Crippen LogP contribution in [0.4, 0.5) is 0 Å². The average molecular weight is 510 g/mol. The minimum absolute atomic E-state index is 0.00828. The van der Waals surface area contributed by atoms with Crippen LogP contribution >= 0.6 is 0 Å². The van der Waals surface area contributed by atoms with Crippen LogP contribution in [0.1, 0.15) is 6.92 Å². The molecule has 0 rings (SSSR count). The maximum absolute atomic E-state index is 11.2. The molecule has 0 aliphatic rings. The first-order valence-corrected chi connectivity index (χ1v) is 10.7. The monoisotopic (exact) mass is 509 g/mol. The third-order valence-electron chi connectivity index (χ3n) is 4.36. The predicted octanol–water partition coefficient (Wildman–Crippen LogP) is -1.30. The largest absolute Gasteiger partial charge is 0.480 e. The van der Waals surface area contributed by atoms with E-state index in [9.17, 15) is 24.3 Å². The Balaban J connectivity index is 4.60. The number of ether oxygens (including phenoxy) is 1. The normalized spacial score (nSPS) is 11.2. The zero-order valence-electron chi connectivity index (χ0n) is 19.8. The fraction of sp³-hybridized carbons (Fsp3) is 0.700. The van der Waals surface area contributed by atoms with Gasteiger partial charge in [-0.2, -0.15) is 0 Å². The lowest BCUT2D eigenvalue weighted by atomic mass is 10.3. The van der Waals surface area contributed by atoms with Crippen LogP contribution < -0.4 is 0 Å². The highest BCUT2D eigenvalue weighted by atomic mass is 17.2. The molecule has 0 bridgehead atoms. The first-order valence-electron chi connectivity index (χ1n) is 10.7. The highest BCUT2D eigenvalue weighted by Crippen LogP contribution is 1.98. The van der Waals surface area contributed by atoms with Gasteiger partial charge in [0.05, 0.1) is 32.8 Å². The van der Waals surface area contributed by atoms with Gasteiger partial charge < -0.3 is 20.1 Å². The molecule has 0 aliphatic carbocycles. The molecule has 0 aliphatic heterocycles. The molecule has 4 N–H and O–H groups in total. The van der Waals surface area contributed by atoms with E-state index in [1.54, 1.807) is 4.90 Å². The maximum atomic E-state index is 11.2. The summed E-state index contributed by atoms with van der Waals surface area (Å²) in [7, 11) is 0. The van der Waals surface area contributed by atoms with Gasteiger partial charge >= 0.3 is 23.9 Å². The van der Waals surface area contributed by atoms with Gasteiger partial charge in [0.15, 0.2) is 0 Å². The van der Waals surface area contributed by atoms with Crippen molar-refractivity contribution in [3.8, 4) is 0 Å². The molecular weight excluding hydrogens is 474 g/mol. The van der Waals surface area contributed by atoms with E-state index in [1.165, 1.54) is 11.8 Å². The Morgan fingerprint density at radius 1 is 0.657 bits per heavy atom. The van der Waals surface area contributed by atoms with Crippen molar-refractivity contribution < 1.29 is 59.2 Å². The van der Waals surface area contributed by atoms with E-state index >= 15 is 0 Å². The average Bonchev–Trinajstić information content (AvgIpc) is 2.76. The van der Waals surface area contributed by atoms with Crippen LogP contribution in [0.5, 0.6) is 0 Å². The van der Waals surface area contributed by atoms with Crippen molar-refractivity contribution in [3.05, 3.63) is 12.2 Å². The minimum Gasteiger partial charge on any atom is -0.480 e. The fourth-order valence-corrected chi connectivity index (χ4v) is 2.70. The van der Waals surface area contributed by atoms with Gasteiger partial charge in [-0.3, -0.25) is 34.3 Å². The first-order chi connectivity index (χ1) is 16.5. The van der Waals surface area contributed by atoms with Gasteiger partial charge in [-0.15, -0.1) is 0 Å². The van der Waals surface area contributed by atoms with E-state index in [4.69, 9.17) is 30.0 Å².